The number of rotatable bonds is 7. The maximum Gasteiger partial charge on any atom is 0.227 e. The van der Waals surface area contributed by atoms with Crippen LogP contribution in [0.5, 0.6) is 5.75 Å². The number of nitrogens with zero attached hydrogens (tertiary/aromatic N) is 6. The van der Waals surface area contributed by atoms with Gasteiger partial charge in [0.1, 0.15) is 5.75 Å². The second-order valence-electron chi connectivity index (χ2n) is 9.49. The normalized spacial score (nSPS) is 27.1. The molecule has 9 nitrogen and oxygen atoms in total. The minimum Gasteiger partial charge on any atom is -0.495 e. The van der Waals surface area contributed by atoms with Gasteiger partial charge >= 0.3 is 0 Å². The molecule has 4 aliphatic rings. The average Bonchev–Trinajstić information content (AvgIpc) is 3.31. The van der Waals surface area contributed by atoms with Gasteiger partial charge in [-0.25, -0.2) is 0 Å². The maximum atomic E-state index is 13.5. The van der Waals surface area contributed by atoms with Crippen LogP contribution in [0, 0.1) is 11.8 Å². The first-order chi connectivity index (χ1) is 16.2. The highest BCUT2D eigenvalue weighted by Gasteiger charge is 2.44. The fourth-order valence-corrected chi connectivity index (χ4v) is 5.81. The number of para-hydroxylation sites is 2. The minimum absolute atomic E-state index is 0.128. The van der Waals surface area contributed by atoms with E-state index < -0.39 is 0 Å². The lowest BCUT2D eigenvalue weighted by atomic mass is 9.75. The maximum absolute atomic E-state index is 13.5. The van der Waals surface area contributed by atoms with Gasteiger partial charge in [-0.05, 0) is 44.5 Å². The Morgan fingerprint density at radius 3 is 2.73 bits per heavy atom. The quantitative estimate of drug-likeness (QED) is 0.672. The van der Waals surface area contributed by atoms with Crippen LogP contribution in [-0.2, 0) is 17.9 Å². The van der Waals surface area contributed by atoms with Crippen molar-refractivity contribution in [2.24, 2.45) is 11.8 Å². The van der Waals surface area contributed by atoms with Gasteiger partial charge < -0.3 is 19.9 Å². The van der Waals surface area contributed by atoms with E-state index in [1.54, 1.807) is 7.11 Å². The molecule has 0 aliphatic carbocycles. The Balaban J connectivity index is 1.16. The summed E-state index contributed by atoms with van der Waals surface area (Å²) >= 11 is 0. The molecule has 2 aromatic rings. The van der Waals surface area contributed by atoms with E-state index in [1.165, 1.54) is 0 Å². The lowest BCUT2D eigenvalue weighted by Gasteiger charge is -2.50. The predicted molar refractivity (Wildman–Crippen MR) is 126 cm³/mol. The monoisotopic (exact) mass is 453 g/mol. The van der Waals surface area contributed by atoms with Crippen LogP contribution >= 0.6 is 0 Å². The van der Waals surface area contributed by atoms with Gasteiger partial charge in [-0.15, -0.1) is 5.10 Å². The van der Waals surface area contributed by atoms with E-state index in [0.717, 1.165) is 82.3 Å². The Morgan fingerprint density at radius 1 is 1.18 bits per heavy atom. The molecule has 0 saturated carbocycles. The van der Waals surface area contributed by atoms with Crippen molar-refractivity contribution in [2.45, 2.75) is 32.0 Å². The number of ether oxygens (including phenoxy) is 1. The molecule has 33 heavy (non-hydrogen) atoms. The van der Waals surface area contributed by atoms with Crippen LogP contribution in [0.1, 0.15) is 18.5 Å². The molecule has 2 unspecified atom stereocenters. The van der Waals surface area contributed by atoms with Crippen molar-refractivity contribution in [3.05, 3.63) is 36.2 Å². The molecule has 1 aromatic heterocycles. The van der Waals surface area contributed by atoms with Crippen molar-refractivity contribution in [3.8, 4) is 5.75 Å². The van der Waals surface area contributed by atoms with E-state index in [4.69, 9.17) is 4.74 Å². The number of aromatic nitrogens is 3. The third-order valence-electron chi connectivity index (χ3n) is 7.55. The van der Waals surface area contributed by atoms with Crippen molar-refractivity contribution in [1.29, 1.82) is 0 Å². The van der Waals surface area contributed by atoms with Crippen LogP contribution in [0.25, 0.3) is 0 Å². The highest BCUT2D eigenvalue weighted by Crippen LogP contribution is 2.38. The molecule has 4 atom stereocenters. The van der Waals surface area contributed by atoms with Crippen molar-refractivity contribution in [3.63, 3.8) is 0 Å². The molecule has 1 aromatic carbocycles. The molecule has 6 rings (SSSR count). The molecule has 4 saturated heterocycles. The van der Waals surface area contributed by atoms with Crippen LogP contribution in [-0.4, -0.2) is 90.2 Å². The Morgan fingerprint density at radius 2 is 2.00 bits per heavy atom. The number of anilines is 1. The summed E-state index contributed by atoms with van der Waals surface area (Å²) in [5.74, 6) is 1.84. The number of hydrogen-bond acceptors (Lipinski definition) is 7. The second-order valence-corrected chi connectivity index (χ2v) is 9.49. The van der Waals surface area contributed by atoms with Gasteiger partial charge in [0.2, 0.25) is 5.91 Å². The third-order valence-corrected chi connectivity index (χ3v) is 7.55. The number of benzene rings is 1. The zero-order chi connectivity index (χ0) is 22.8. The zero-order valence-corrected chi connectivity index (χ0v) is 19.7. The van der Waals surface area contributed by atoms with Gasteiger partial charge in [0.25, 0.3) is 0 Å². The smallest absolute Gasteiger partial charge is 0.227 e. The molecule has 5 heterocycles. The number of piperazine rings is 1. The van der Waals surface area contributed by atoms with Crippen LogP contribution in [0.15, 0.2) is 30.5 Å². The van der Waals surface area contributed by atoms with Crippen molar-refractivity contribution in [2.75, 3.05) is 58.3 Å². The number of fused-ring (bicyclic) bond motifs is 3. The van der Waals surface area contributed by atoms with Crippen LogP contribution in [0.2, 0.25) is 0 Å². The summed E-state index contributed by atoms with van der Waals surface area (Å²) in [6.07, 6.45) is 4.22. The van der Waals surface area contributed by atoms with Crippen LogP contribution in [0.3, 0.4) is 0 Å². The fourth-order valence-electron chi connectivity index (χ4n) is 5.81. The SMILES string of the molecule is CNCc1cn(C[C@H]2CC3CCN2C[C@@H]3C(=O)N2CCN(c3ccccc3OC)CC2)nn1. The molecule has 0 spiro atoms. The molecular weight excluding hydrogens is 418 g/mol. The van der Waals surface area contributed by atoms with Gasteiger partial charge in [-0.2, -0.15) is 0 Å². The lowest BCUT2D eigenvalue weighted by molar-refractivity contribution is -0.144. The first-order valence-electron chi connectivity index (χ1n) is 12.1. The van der Waals surface area contributed by atoms with Crippen molar-refractivity contribution in [1.82, 2.24) is 30.1 Å². The number of amides is 1. The summed E-state index contributed by atoms with van der Waals surface area (Å²) in [5, 5.41) is 11.6. The molecule has 2 bridgehead atoms. The summed E-state index contributed by atoms with van der Waals surface area (Å²) in [6.45, 7) is 6.78. The summed E-state index contributed by atoms with van der Waals surface area (Å²) in [5.41, 5.74) is 2.08. The molecule has 0 radical (unpaired) electrons. The standard InChI is InChI=1S/C24H35N7O2/c1-25-14-19-15-31(27-26-19)16-20-13-18-7-8-30(20)17-21(18)24(32)29-11-9-28(10-12-29)22-5-3-4-6-23(22)33-2/h3-6,15,18,20-21,25H,7-14,16-17H2,1-2H3/t18?,20-,21+/m1/s1. The number of nitrogens with one attached hydrogen (secondary N) is 1. The largest absolute Gasteiger partial charge is 0.495 e. The van der Waals surface area contributed by atoms with Gasteiger partial charge in [0.05, 0.1) is 31.0 Å². The third kappa shape index (κ3) is 4.56. The van der Waals surface area contributed by atoms with Crippen molar-refractivity contribution < 1.29 is 9.53 Å². The van der Waals surface area contributed by atoms with Gasteiger partial charge in [-0.1, -0.05) is 17.3 Å². The number of methoxy groups -OCH3 is 1. The molecule has 4 fully saturated rings. The topological polar surface area (TPSA) is 78.8 Å². The molecule has 4 aliphatic heterocycles. The zero-order valence-electron chi connectivity index (χ0n) is 19.7. The highest BCUT2D eigenvalue weighted by atomic mass is 16.5. The number of carbonyl (C=O) groups excluding carboxylic acids is 1. The number of hydrogen-bond donors (Lipinski definition) is 1. The lowest BCUT2D eigenvalue weighted by Crippen LogP contribution is -2.60. The van der Waals surface area contributed by atoms with Gasteiger partial charge in [-0.3, -0.25) is 14.4 Å². The van der Waals surface area contributed by atoms with E-state index >= 15 is 0 Å². The van der Waals surface area contributed by atoms with Gasteiger partial charge in [0, 0.05) is 51.5 Å². The molecular formula is C24H35N7O2. The van der Waals surface area contributed by atoms with E-state index in [2.05, 4.69) is 36.4 Å². The van der Waals surface area contributed by atoms with E-state index in [-0.39, 0.29) is 5.92 Å². The summed E-state index contributed by atoms with van der Waals surface area (Å²) < 4.78 is 7.49. The minimum atomic E-state index is 0.128. The molecule has 178 valence electrons. The van der Waals surface area contributed by atoms with Gasteiger partial charge in [0.15, 0.2) is 0 Å². The molecule has 1 N–H and O–H groups in total. The van der Waals surface area contributed by atoms with E-state index in [1.807, 2.05) is 36.1 Å². The Bertz CT molecular complexity index is 956. The summed E-state index contributed by atoms with van der Waals surface area (Å²) in [4.78, 5) is 20.4. The van der Waals surface area contributed by atoms with E-state index in [9.17, 15) is 4.79 Å². The first kappa shape index (κ1) is 22.2. The number of carbonyl (C=O) groups is 1. The Labute approximate surface area is 195 Å². The molecule has 1 amide bonds. The first-order valence-corrected chi connectivity index (χ1v) is 12.1. The fraction of sp³-hybridized carbons (Fsp3) is 0.625. The Hall–Kier alpha value is -2.65. The average molecular weight is 454 g/mol. The van der Waals surface area contributed by atoms with Crippen molar-refractivity contribution >= 4 is 11.6 Å². The Kier molecular flexibility index (Phi) is 6.50. The molecule has 9 heteroatoms. The highest BCUT2D eigenvalue weighted by molar-refractivity contribution is 5.80. The summed E-state index contributed by atoms with van der Waals surface area (Å²) in [7, 11) is 3.63. The summed E-state index contributed by atoms with van der Waals surface area (Å²) in [6, 6.07) is 8.57. The predicted octanol–water partition coefficient (Wildman–Crippen LogP) is 1.07. The van der Waals surface area contributed by atoms with E-state index in [0.29, 0.717) is 17.9 Å². The second kappa shape index (κ2) is 9.69. The number of piperidine rings is 3. The van der Waals surface area contributed by atoms with Crippen LogP contribution in [0.4, 0.5) is 5.69 Å². The van der Waals surface area contributed by atoms with Crippen LogP contribution < -0.4 is 15.0 Å².